The first kappa shape index (κ1) is 18.3. The number of hydrogen-bond acceptors (Lipinski definition) is 5. The normalized spacial score (nSPS) is 18.8. The maximum absolute atomic E-state index is 12.9. The minimum absolute atomic E-state index is 0.0275. The Balaban J connectivity index is 1.87. The van der Waals surface area contributed by atoms with Gasteiger partial charge in [-0.2, -0.15) is 0 Å². The van der Waals surface area contributed by atoms with E-state index in [1.165, 1.54) is 11.3 Å². The van der Waals surface area contributed by atoms with Crippen LogP contribution < -0.4 is 4.74 Å². The van der Waals surface area contributed by atoms with Gasteiger partial charge in [-0.25, -0.2) is 0 Å². The molecular weight excluding hydrogens is 356 g/mol. The van der Waals surface area contributed by atoms with Gasteiger partial charge in [-0.15, -0.1) is 4.31 Å². The van der Waals surface area contributed by atoms with Crippen molar-refractivity contribution >= 4 is 28.6 Å². The molecule has 5 nitrogen and oxygen atoms in total. The molecule has 7 heteroatoms. The third-order valence-corrected chi connectivity index (χ3v) is 7.15. The van der Waals surface area contributed by atoms with Crippen LogP contribution in [0.3, 0.4) is 0 Å². The van der Waals surface area contributed by atoms with Crippen molar-refractivity contribution in [1.82, 2.24) is 9.21 Å². The van der Waals surface area contributed by atoms with Gasteiger partial charge in [0.25, 0.3) is 0 Å². The van der Waals surface area contributed by atoms with E-state index < -0.39 is 11.4 Å². The lowest BCUT2D eigenvalue weighted by atomic mass is 10.0. The van der Waals surface area contributed by atoms with Crippen LogP contribution >= 0.6 is 11.3 Å². The molecule has 25 heavy (non-hydrogen) atoms. The number of hydrogen-bond donors (Lipinski definition) is 0. The largest absolute Gasteiger partial charge is 0.592 e. The molecular formula is C18H22N2O3S2. The van der Waals surface area contributed by atoms with Crippen molar-refractivity contribution < 1.29 is 14.1 Å². The number of nitrogens with zero attached hydrogens (tertiary/aromatic N) is 2. The van der Waals surface area contributed by atoms with Gasteiger partial charge < -0.3 is 14.2 Å². The zero-order chi connectivity index (χ0) is 18.0. The fraction of sp³-hybridized carbons (Fsp3) is 0.389. The molecule has 0 saturated carbocycles. The van der Waals surface area contributed by atoms with E-state index in [2.05, 4.69) is 13.0 Å². The molecule has 1 aliphatic rings. The van der Waals surface area contributed by atoms with Crippen LogP contribution in [0.25, 0.3) is 0 Å². The molecule has 1 unspecified atom stereocenters. The van der Waals surface area contributed by atoms with Gasteiger partial charge in [0, 0.05) is 32.1 Å². The predicted octanol–water partition coefficient (Wildman–Crippen LogP) is 3.20. The van der Waals surface area contributed by atoms with E-state index in [1.54, 1.807) is 18.9 Å². The molecule has 3 rings (SSSR count). The summed E-state index contributed by atoms with van der Waals surface area (Å²) in [4.78, 5) is 13.2. The van der Waals surface area contributed by atoms with E-state index in [1.807, 2.05) is 34.0 Å². The van der Waals surface area contributed by atoms with E-state index in [0.29, 0.717) is 19.7 Å². The second kappa shape index (κ2) is 7.78. The van der Waals surface area contributed by atoms with Crippen LogP contribution in [0.15, 0.2) is 39.9 Å². The lowest BCUT2D eigenvalue weighted by Gasteiger charge is -2.27. The summed E-state index contributed by atoms with van der Waals surface area (Å²) in [5, 5.41) is 1.94. The summed E-state index contributed by atoms with van der Waals surface area (Å²) in [6, 6.07) is 9.77. The maximum Gasteiger partial charge on any atom is 0.227 e. The highest BCUT2D eigenvalue weighted by Crippen LogP contribution is 2.36. The number of carbonyl (C=O) groups is 1. The van der Waals surface area contributed by atoms with Gasteiger partial charge in [-0.05, 0) is 36.1 Å². The molecule has 0 N–H and O–H groups in total. The van der Waals surface area contributed by atoms with Crippen LogP contribution in [0, 0.1) is 0 Å². The number of benzene rings is 1. The molecule has 0 saturated heterocycles. The molecule has 2 aromatic rings. The quantitative estimate of drug-likeness (QED) is 0.767. The Hall–Kier alpha value is -1.54. The second-order valence-electron chi connectivity index (χ2n) is 6.09. The van der Waals surface area contributed by atoms with Gasteiger partial charge in [0.15, 0.2) is 0 Å². The summed E-state index contributed by atoms with van der Waals surface area (Å²) in [6.07, 6.45) is 0. The standard InChI is InChI=1S/C18H22N2O3S2/c1-13-16-11-15(12-19(3)14(2)21)6-7-17(16)23-9-8-20(13)25(22)18-5-4-10-24-18/h4-7,10-11,13H,8-9,12H2,1-3H3/t13-,25?/m1/s1. The zero-order valence-corrected chi connectivity index (χ0v) is 16.2. The molecule has 1 aromatic heterocycles. The Morgan fingerprint density at radius 1 is 1.48 bits per heavy atom. The predicted molar refractivity (Wildman–Crippen MR) is 99.9 cm³/mol. The van der Waals surface area contributed by atoms with E-state index in [9.17, 15) is 9.35 Å². The number of ether oxygens (including phenoxy) is 1. The second-order valence-corrected chi connectivity index (χ2v) is 8.71. The molecule has 2 heterocycles. The average Bonchev–Trinajstić information content (AvgIpc) is 3.07. The fourth-order valence-corrected chi connectivity index (χ4v) is 5.14. The molecule has 0 aliphatic carbocycles. The van der Waals surface area contributed by atoms with Crippen LogP contribution in [-0.2, 0) is 22.7 Å². The summed E-state index contributed by atoms with van der Waals surface area (Å²) in [5.41, 5.74) is 2.05. The minimum atomic E-state index is -1.20. The summed E-state index contributed by atoms with van der Waals surface area (Å²) < 4.78 is 21.6. The third-order valence-electron chi connectivity index (χ3n) is 4.36. The first-order chi connectivity index (χ1) is 12.0. The molecule has 134 valence electrons. The Morgan fingerprint density at radius 2 is 2.28 bits per heavy atom. The highest BCUT2D eigenvalue weighted by Gasteiger charge is 2.33. The Kier molecular flexibility index (Phi) is 5.68. The smallest absolute Gasteiger partial charge is 0.227 e. The first-order valence-corrected chi connectivity index (χ1v) is 10.2. The Morgan fingerprint density at radius 3 is 2.96 bits per heavy atom. The number of amides is 1. The molecule has 0 spiro atoms. The molecule has 0 bridgehead atoms. The van der Waals surface area contributed by atoms with Gasteiger partial charge in [0.05, 0.1) is 23.9 Å². The number of fused-ring (bicyclic) bond motifs is 1. The van der Waals surface area contributed by atoms with Crippen molar-refractivity contribution in [2.75, 3.05) is 20.2 Å². The number of rotatable bonds is 4. The highest BCUT2D eigenvalue weighted by atomic mass is 32.2. The Labute approximate surface area is 155 Å². The van der Waals surface area contributed by atoms with E-state index in [-0.39, 0.29) is 11.9 Å². The van der Waals surface area contributed by atoms with Crippen molar-refractivity contribution in [3.05, 3.63) is 46.8 Å². The van der Waals surface area contributed by atoms with Crippen LogP contribution in [0.1, 0.15) is 31.0 Å². The number of thiophene rings is 1. The van der Waals surface area contributed by atoms with Gasteiger partial charge in [0.1, 0.15) is 12.4 Å². The molecule has 1 amide bonds. The minimum Gasteiger partial charge on any atom is -0.592 e. The van der Waals surface area contributed by atoms with E-state index in [4.69, 9.17) is 4.74 Å². The Bertz CT molecular complexity index is 736. The fourth-order valence-electron chi connectivity index (χ4n) is 2.84. The third kappa shape index (κ3) is 4.00. The summed E-state index contributed by atoms with van der Waals surface area (Å²) in [6.45, 7) is 5.26. The number of carbonyl (C=O) groups excluding carboxylic acids is 1. The van der Waals surface area contributed by atoms with Crippen molar-refractivity contribution in [3.63, 3.8) is 0 Å². The first-order valence-electron chi connectivity index (χ1n) is 8.16. The van der Waals surface area contributed by atoms with Gasteiger partial charge in [-0.1, -0.05) is 17.4 Å². The van der Waals surface area contributed by atoms with Gasteiger partial charge in [-0.3, -0.25) is 4.79 Å². The molecule has 1 aliphatic heterocycles. The van der Waals surface area contributed by atoms with Gasteiger partial charge in [0.2, 0.25) is 10.1 Å². The van der Waals surface area contributed by atoms with E-state index in [0.717, 1.165) is 21.1 Å². The van der Waals surface area contributed by atoms with E-state index >= 15 is 0 Å². The summed E-state index contributed by atoms with van der Waals surface area (Å²) in [5.74, 6) is 0.854. The van der Waals surface area contributed by atoms with Crippen LogP contribution in [0.2, 0.25) is 0 Å². The highest BCUT2D eigenvalue weighted by molar-refractivity contribution is 7.91. The maximum atomic E-state index is 12.9. The molecule has 0 radical (unpaired) electrons. The average molecular weight is 379 g/mol. The van der Waals surface area contributed by atoms with Crippen molar-refractivity contribution in [2.45, 2.75) is 30.6 Å². The molecule has 1 aromatic carbocycles. The summed E-state index contributed by atoms with van der Waals surface area (Å²) >= 11 is 0.298. The lowest BCUT2D eigenvalue weighted by molar-refractivity contribution is -0.128. The lowest BCUT2D eigenvalue weighted by Crippen LogP contribution is -2.34. The van der Waals surface area contributed by atoms with Crippen molar-refractivity contribution in [1.29, 1.82) is 0 Å². The van der Waals surface area contributed by atoms with Crippen LogP contribution in [-0.4, -0.2) is 39.9 Å². The van der Waals surface area contributed by atoms with Gasteiger partial charge >= 0.3 is 0 Å². The van der Waals surface area contributed by atoms with Crippen LogP contribution in [0.4, 0.5) is 0 Å². The van der Waals surface area contributed by atoms with Crippen molar-refractivity contribution in [3.8, 4) is 5.75 Å². The molecule has 0 fully saturated rings. The topological polar surface area (TPSA) is 55.8 Å². The summed E-state index contributed by atoms with van der Waals surface area (Å²) in [7, 11) is 1.78. The van der Waals surface area contributed by atoms with Crippen molar-refractivity contribution in [2.24, 2.45) is 0 Å². The molecule has 2 atom stereocenters. The van der Waals surface area contributed by atoms with Crippen LogP contribution in [0.5, 0.6) is 5.75 Å². The zero-order valence-electron chi connectivity index (χ0n) is 14.6. The monoisotopic (exact) mass is 378 g/mol. The SMILES string of the molecule is CC(=O)N(C)Cc1ccc2c(c1)[C@@H](C)N([S+]([O-])c1cccs1)CCO2.